The number of nitrogens with zero attached hydrogens (tertiary/aromatic N) is 1. The SMILES string of the molecule is COc1ccc2c(c1)OC(C)(C)c1cn[nH]c1-2. The third kappa shape index (κ3) is 1.40. The maximum Gasteiger partial charge on any atom is 0.133 e. The molecule has 0 aliphatic carbocycles. The van der Waals surface area contributed by atoms with Crippen LogP contribution in [0.4, 0.5) is 0 Å². The molecule has 0 unspecified atom stereocenters. The fraction of sp³-hybridized carbons (Fsp3) is 0.308. The van der Waals surface area contributed by atoms with Crippen LogP contribution in [0.2, 0.25) is 0 Å². The number of rotatable bonds is 1. The molecule has 4 nitrogen and oxygen atoms in total. The van der Waals surface area contributed by atoms with Gasteiger partial charge in [0.1, 0.15) is 17.1 Å². The summed E-state index contributed by atoms with van der Waals surface area (Å²) in [5.41, 5.74) is 2.76. The highest BCUT2D eigenvalue weighted by Gasteiger charge is 2.34. The number of methoxy groups -OCH3 is 1. The van der Waals surface area contributed by atoms with E-state index in [0.717, 1.165) is 28.3 Å². The van der Waals surface area contributed by atoms with E-state index in [0.29, 0.717) is 0 Å². The van der Waals surface area contributed by atoms with E-state index in [-0.39, 0.29) is 5.60 Å². The molecule has 0 spiro atoms. The van der Waals surface area contributed by atoms with Gasteiger partial charge >= 0.3 is 0 Å². The molecule has 4 heteroatoms. The lowest BCUT2D eigenvalue weighted by atomic mass is 9.92. The number of nitrogens with one attached hydrogen (secondary N) is 1. The van der Waals surface area contributed by atoms with Gasteiger partial charge in [-0.2, -0.15) is 5.10 Å². The molecule has 0 atom stereocenters. The first-order valence-corrected chi connectivity index (χ1v) is 5.53. The number of aromatic nitrogens is 2. The Bertz CT molecular complexity index is 573. The molecule has 2 aromatic rings. The molecular weight excluding hydrogens is 216 g/mol. The van der Waals surface area contributed by atoms with Gasteiger partial charge in [-0.15, -0.1) is 0 Å². The lowest BCUT2D eigenvalue weighted by Gasteiger charge is -2.32. The topological polar surface area (TPSA) is 47.1 Å². The predicted octanol–water partition coefficient (Wildman–Crippen LogP) is 2.71. The molecule has 0 bridgehead atoms. The smallest absolute Gasteiger partial charge is 0.133 e. The second-order valence-electron chi connectivity index (χ2n) is 4.63. The van der Waals surface area contributed by atoms with E-state index in [4.69, 9.17) is 9.47 Å². The van der Waals surface area contributed by atoms with E-state index < -0.39 is 0 Å². The Labute approximate surface area is 99.6 Å². The van der Waals surface area contributed by atoms with Gasteiger partial charge in [0.25, 0.3) is 0 Å². The number of H-pyrrole nitrogens is 1. The van der Waals surface area contributed by atoms with Crippen LogP contribution >= 0.6 is 0 Å². The van der Waals surface area contributed by atoms with E-state index in [9.17, 15) is 0 Å². The molecular formula is C13H14N2O2. The van der Waals surface area contributed by atoms with Crippen molar-refractivity contribution in [2.24, 2.45) is 0 Å². The summed E-state index contributed by atoms with van der Waals surface area (Å²) in [6.07, 6.45) is 1.82. The maximum atomic E-state index is 6.01. The average Bonchev–Trinajstić information content (AvgIpc) is 2.77. The Morgan fingerprint density at radius 1 is 1.35 bits per heavy atom. The molecule has 1 aromatic heterocycles. The molecule has 0 radical (unpaired) electrons. The molecule has 1 N–H and O–H groups in total. The number of benzene rings is 1. The quantitative estimate of drug-likeness (QED) is 0.819. The van der Waals surface area contributed by atoms with Crippen LogP contribution in [0.5, 0.6) is 11.5 Å². The summed E-state index contributed by atoms with van der Waals surface area (Å²) >= 11 is 0. The monoisotopic (exact) mass is 230 g/mol. The Morgan fingerprint density at radius 2 is 2.18 bits per heavy atom. The fourth-order valence-corrected chi connectivity index (χ4v) is 2.20. The molecule has 1 aliphatic rings. The maximum absolute atomic E-state index is 6.01. The van der Waals surface area contributed by atoms with Gasteiger partial charge in [0.05, 0.1) is 19.0 Å². The molecule has 0 amide bonds. The van der Waals surface area contributed by atoms with Crippen LogP contribution in [0.25, 0.3) is 11.3 Å². The summed E-state index contributed by atoms with van der Waals surface area (Å²) in [4.78, 5) is 0. The zero-order valence-corrected chi connectivity index (χ0v) is 10.1. The normalized spacial score (nSPS) is 15.7. The highest BCUT2D eigenvalue weighted by atomic mass is 16.5. The highest BCUT2D eigenvalue weighted by molar-refractivity contribution is 5.73. The summed E-state index contributed by atoms with van der Waals surface area (Å²) in [6.45, 7) is 4.06. The van der Waals surface area contributed by atoms with Crippen molar-refractivity contribution in [2.45, 2.75) is 19.4 Å². The van der Waals surface area contributed by atoms with Gasteiger partial charge in [-0.05, 0) is 26.0 Å². The Hall–Kier alpha value is -1.97. The number of ether oxygens (including phenoxy) is 2. The summed E-state index contributed by atoms with van der Waals surface area (Å²) in [7, 11) is 1.65. The Balaban J connectivity index is 2.23. The van der Waals surface area contributed by atoms with Gasteiger partial charge in [-0.25, -0.2) is 0 Å². The van der Waals surface area contributed by atoms with E-state index in [2.05, 4.69) is 10.2 Å². The van der Waals surface area contributed by atoms with Crippen LogP contribution in [-0.4, -0.2) is 17.3 Å². The molecule has 0 fully saturated rings. The second kappa shape index (κ2) is 3.26. The zero-order chi connectivity index (χ0) is 12.0. The van der Waals surface area contributed by atoms with Gasteiger partial charge in [0.15, 0.2) is 0 Å². The first-order valence-electron chi connectivity index (χ1n) is 5.53. The number of fused-ring (bicyclic) bond motifs is 3. The zero-order valence-electron chi connectivity index (χ0n) is 10.1. The number of hydrogen-bond donors (Lipinski definition) is 1. The summed E-state index contributed by atoms with van der Waals surface area (Å²) in [6, 6.07) is 5.81. The first kappa shape index (κ1) is 10.2. The minimum atomic E-state index is -0.373. The van der Waals surface area contributed by atoms with Crippen LogP contribution < -0.4 is 9.47 Å². The van der Waals surface area contributed by atoms with Crippen molar-refractivity contribution in [3.05, 3.63) is 30.0 Å². The van der Waals surface area contributed by atoms with Crippen LogP contribution in [-0.2, 0) is 5.60 Å². The predicted molar refractivity (Wildman–Crippen MR) is 64.2 cm³/mol. The second-order valence-corrected chi connectivity index (χ2v) is 4.63. The molecule has 2 heterocycles. The molecule has 1 aliphatic heterocycles. The van der Waals surface area contributed by atoms with Gasteiger partial charge < -0.3 is 9.47 Å². The van der Waals surface area contributed by atoms with Crippen LogP contribution in [0.15, 0.2) is 24.4 Å². The lowest BCUT2D eigenvalue weighted by Crippen LogP contribution is -2.28. The highest BCUT2D eigenvalue weighted by Crippen LogP contribution is 2.44. The molecule has 3 rings (SSSR count). The van der Waals surface area contributed by atoms with Crippen molar-refractivity contribution in [3.8, 4) is 22.8 Å². The number of aromatic amines is 1. The van der Waals surface area contributed by atoms with E-state index in [1.54, 1.807) is 7.11 Å². The standard InChI is InChI=1S/C13H14N2O2/c1-13(2)10-7-14-15-12(10)9-5-4-8(16-3)6-11(9)17-13/h4-7H,1-3H3,(H,14,15). The van der Waals surface area contributed by atoms with E-state index >= 15 is 0 Å². The van der Waals surface area contributed by atoms with E-state index in [1.807, 2.05) is 38.2 Å². The Kier molecular flexibility index (Phi) is 1.96. The molecule has 0 saturated carbocycles. The van der Waals surface area contributed by atoms with Crippen molar-refractivity contribution >= 4 is 0 Å². The van der Waals surface area contributed by atoms with Crippen LogP contribution in [0, 0.1) is 0 Å². The largest absolute Gasteiger partial charge is 0.497 e. The summed E-state index contributed by atoms with van der Waals surface area (Å²) < 4.78 is 11.2. The molecule has 17 heavy (non-hydrogen) atoms. The van der Waals surface area contributed by atoms with Gasteiger partial charge in [0, 0.05) is 17.2 Å². The first-order chi connectivity index (χ1) is 8.12. The van der Waals surface area contributed by atoms with Crippen molar-refractivity contribution in [1.82, 2.24) is 10.2 Å². The average molecular weight is 230 g/mol. The molecule has 1 aromatic carbocycles. The van der Waals surface area contributed by atoms with Crippen molar-refractivity contribution in [2.75, 3.05) is 7.11 Å². The van der Waals surface area contributed by atoms with Crippen molar-refractivity contribution in [3.63, 3.8) is 0 Å². The third-order valence-electron chi connectivity index (χ3n) is 3.11. The number of hydrogen-bond acceptors (Lipinski definition) is 3. The van der Waals surface area contributed by atoms with Gasteiger partial charge in [-0.1, -0.05) is 0 Å². The Morgan fingerprint density at radius 3 is 2.94 bits per heavy atom. The lowest BCUT2D eigenvalue weighted by molar-refractivity contribution is 0.105. The molecule has 88 valence electrons. The van der Waals surface area contributed by atoms with Crippen molar-refractivity contribution < 1.29 is 9.47 Å². The van der Waals surface area contributed by atoms with Gasteiger partial charge in [0.2, 0.25) is 0 Å². The third-order valence-corrected chi connectivity index (χ3v) is 3.11. The van der Waals surface area contributed by atoms with Gasteiger partial charge in [-0.3, -0.25) is 5.10 Å². The summed E-state index contributed by atoms with van der Waals surface area (Å²) in [5.74, 6) is 1.62. The summed E-state index contributed by atoms with van der Waals surface area (Å²) in [5, 5.41) is 7.14. The van der Waals surface area contributed by atoms with Crippen molar-refractivity contribution in [1.29, 1.82) is 0 Å². The molecule has 0 saturated heterocycles. The van der Waals surface area contributed by atoms with E-state index in [1.165, 1.54) is 0 Å². The minimum Gasteiger partial charge on any atom is -0.497 e. The van der Waals surface area contributed by atoms with Crippen LogP contribution in [0.3, 0.4) is 0 Å². The van der Waals surface area contributed by atoms with Crippen LogP contribution in [0.1, 0.15) is 19.4 Å². The minimum absolute atomic E-state index is 0.373. The fourth-order valence-electron chi connectivity index (χ4n) is 2.20.